The van der Waals surface area contributed by atoms with Gasteiger partial charge in [0.15, 0.2) is 10.9 Å². The molecular weight excluding hydrogens is 393 g/mol. The average molecular weight is 410 g/mol. The standard InChI is InChI=1S/C18H17Cl2N3O2S/c1-9(2)16-14(10(3)23-25-16)17(24)22-18-21-8-12(26-18)7-11-5-4-6-13(19)15(11)20/h4-6,8-9H,7H2,1-3H3,(H,21,22,24). The summed E-state index contributed by atoms with van der Waals surface area (Å²) in [6, 6.07) is 5.52. The molecule has 3 rings (SSSR count). The quantitative estimate of drug-likeness (QED) is 0.585. The molecule has 1 aromatic carbocycles. The van der Waals surface area contributed by atoms with E-state index in [0.717, 1.165) is 10.4 Å². The summed E-state index contributed by atoms with van der Waals surface area (Å²) in [5.41, 5.74) is 1.95. The van der Waals surface area contributed by atoms with Crippen LogP contribution in [-0.4, -0.2) is 16.0 Å². The molecule has 0 saturated carbocycles. The largest absolute Gasteiger partial charge is 0.360 e. The Bertz CT molecular complexity index is 950. The van der Waals surface area contributed by atoms with Crippen LogP contribution in [0.1, 0.15) is 52.0 Å². The summed E-state index contributed by atoms with van der Waals surface area (Å²) in [4.78, 5) is 17.9. The van der Waals surface area contributed by atoms with Gasteiger partial charge in [0.1, 0.15) is 5.56 Å². The van der Waals surface area contributed by atoms with Crippen LogP contribution in [0.5, 0.6) is 0 Å². The summed E-state index contributed by atoms with van der Waals surface area (Å²) in [7, 11) is 0. The maximum absolute atomic E-state index is 12.6. The number of benzene rings is 1. The number of halogens is 2. The Labute approximate surface area is 165 Å². The minimum Gasteiger partial charge on any atom is -0.360 e. The number of hydrogen-bond acceptors (Lipinski definition) is 5. The lowest BCUT2D eigenvalue weighted by Crippen LogP contribution is -2.14. The highest BCUT2D eigenvalue weighted by atomic mass is 35.5. The van der Waals surface area contributed by atoms with Crippen molar-refractivity contribution in [3.63, 3.8) is 0 Å². The van der Waals surface area contributed by atoms with Gasteiger partial charge in [0.2, 0.25) is 0 Å². The maximum atomic E-state index is 12.6. The first-order valence-corrected chi connectivity index (χ1v) is 9.59. The number of aryl methyl sites for hydroxylation is 1. The maximum Gasteiger partial charge on any atom is 0.262 e. The third-order valence-corrected chi connectivity index (χ3v) is 5.58. The molecule has 0 fully saturated rings. The number of carbonyl (C=O) groups is 1. The van der Waals surface area contributed by atoms with E-state index in [1.54, 1.807) is 19.2 Å². The molecule has 8 heteroatoms. The molecule has 0 spiro atoms. The van der Waals surface area contributed by atoms with Gasteiger partial charge >= 0.3 is 0 Å². The zero-order valence-electron chi connectivity index (χ0n) is 14.5. The molecule has 136 valence electrons. The first-order chi connectivity index (χ1) is 12.4. The number of carbonyl (C=O) groups excluding carboxylic acids is 1. The molecule has 1 amide bonds. The second kappa shape index (κ2) is 7.78. The van der Waals surface area contributed by atoms with Crippen molar-refractivity contribution in [1.82, 2.24) is 10.1 Å². The van der Waals surface area contributed by atoms with E-state index in [1.165, 1.54) is 11.3 Å². The van der Waals surface area contributed by atoms with E-state index in [2.05, 4.69) is 15.5 Å². The highest BCUT2D eigenvalue weighted by molar-refractivity contribution is 7.15. The van der Waals surface area contributed by atoms with Crippen LogP contribution in [-0.2, 0) is 6.42 Å². The van der Waals surface area contributed by atoms with Crippen LogP contribution in [0.3, 0.4) is 0 Å². The number of hydrogen-bond donors (Lipinski definition) is 1. The fraction of sp³-hybridized carbons (Fsp3) is 0.278. The number of amides is 1. The summed E-state index contributed by atoms with van der Waals surface area (Å²) in [6.45, 7) is 5.65. The normalized spacial score (nSPS) is 11.2. The van der Waals surface area contributed by atoms with Crippen LogP contribution in [0, 0.1) is 6.92 Å². The van der Waals surface area contributed by atoms with Gasteiger partial charge in [0, 0.05) is 23.4 Å². The lowest BCUT2D eigenvalue weighted by atomic mass is 10.0. The molecule has 3 aromatic rings. The molecule has 0 aliphatic carbocycles. The van der Waals surface area contributed by atoms with Gasteiger partial charge in [-0.15, -0.1) is 11.3 Å². The second-order valence-corrected chi connectivity index (χ2v) is 8.04. The molecule has 0 unspecified atom stereocenters. The van der Waals surface area contributed by atoms with E-state index in [4.69, 9.17) is 27.7 Å². The predicted octanol–water partition coefficient (Wildman–Crippen LogP) is 5.71. The number of thiazole rings is 1. The molecule has 0 saturated heterocycles. The van der Waals surface area contributed by atoms with Crippen molar-refractivity contribution >= 4 is 45.6 Å². The highest BCUT2D eigenvalue weighted by Crippen LogP contribution is 2.30. The molecule has 0 bridgehead atoms. The third-order valence-electron chi connectivity index (χ3n) is 3.81. The van der Waals surface area contributed by atoms with Gasteiger partial charge in [-0.1, -0.05) is 54.3 Å². The molecule has 0 aliphatic heterocycles. The fourth-order valence-corrected chi connectivity index (χ4v) is 3.75. The van der Waals surface area contributed by atoms with Crippen LogP contribution < -0.4 is 5.32 Å². The lowest BCUT2D eigenvalue weighted by Gasteiger charge is -2.05. The van der Waals surface area contributed by atoms with Crippen molar-refractivity contribution in [1.29, 1.82) is 0 Å². The Balaban J connectivity index is 1.76. The van der Waals surface area contributed by atoms with E-state index in [-0.39, 0.29) is 11.8 Å². The molecule has 26 heavy (non-hydrogen) atoms. The van der Waals surface area contributed by atoms with Gasteiger partial charge in [-0.3, -0.25) is 10.1 Å². The van der Waals surface area contributed by atoms with E-state index in [0.29, 0.717) is 38.6 Å². The molecule has 1 N–H and O–H groups in total. The fourth-order valence-electron chi connectivity index (χ4n) is 2.54. The predicted molar refractivity (Wildman–Crippen MR) is 105 cm³/mol. The second-order valence-electron chi connectivity index (χ2n) is 6.14. The molecule has 2 heterocycles. The van der Waals surface area contributed by atoms with Gasteiger partial charge in [-0.2, -0.15) is 0 Å². The van der Waals surface area contributed by atoms with Crippen molar-refractivity contribution < 1.29 is 9.32 Å². The van der Waals surface area contributed by atoms with Crippen molar-refractivity contribution in [2.24, 2.45) is 0 Å². The Morgan fingerprint density at radius 3 is 2.85 bits per heavy atom. The van der Waals surface area contributed by atoms with Crippen molar-refractivity contribution in [3.05, 3.63) is 61.9 Å². The minimum atomic E-state index is -0.269. The van der Waals surface area contributed by atoms with Crippen molar-refractivity contribution in [3.8, 4) is 0 Å². The topological polar surface area (TPSA) is 68.0 Å². The first-order valence-electron chi connectivity index (χ1n) is 8.02. The number of nitrogens with one attached hydrogen (secondary N) is 1. The lowest BCUT2D eigenvalue weighted by molar-refractivity contribution is 0.102. The number of nitrogens with zero attached hydrogens (tertiary/aromatic N) is 2. The van der Waals surface area contributed by atoms with Gasteiger partial charge in [0.05, 0.1) is 15.7 Å². The van der Waals surface area contributed by atoms with Crippen LogP contribution in [0.25, 0.3) is 0 Å². The van der Waals surface area contributed by atoms with Gasteiger partial charge in [-0.25, -0.2) is 4.98 Å². The van der Waals surface area contributed by atoms with Crippen LogP contribution in [0.4, 0.5) is 5.13 Å². The Morgan fingerprint density at radius 2 is 2.12 bits per heavy atom. The number of rotatable bonds is 5. The van der Waals surface area contributed by atoms with Gasteiger partial charge in [-0.05, 0) is 18.6 Å². The summed E-state index contributed by atoms with van der Waals surface area (Å²) in [5.74, 6) is 0.366. The minimum absolute atomic E-state index is 0.0637. The third kappa shape index (κ3) is 3.92. The van der Waals surface area contributed by atoms with E-state index in [1.807, 2.05) is 26.0 Å². The van der Waals surface area contributed by atoms with Crippen LogP contribution in [0.2, 0.25) is 10.0 Å². The van der Waals surface area contributed by atoms with Gasteiger partial charge < -0.3 is 4.52 Å². The summed E-state index contributed by atoms with van der Waals surface area (Å²) >= 11 is 13.7. The Kier molecular flexibility index (Phi) is 5.65. The van der Waals surface area contributed by atoms with E-state index < -0.39 is 0 Å². The van der Waals surface area contributed by atoms with Gasteiger partial charge in [0.25, 0.3) is 5.91 Å². The molecular formula is C18H17Cl2N3O2S. The smallest absolute Gasteiger partial charge is 0.262 e. The zero-order chi connectivity index (χ0) is 18.8. The van der Waals surface area contributed by atoms with Crippen LogP contribution >= 0.6 is 34.5 Å². The molecule has 5 nitrogen and oxygen atoms in total. The van der Waals surface area contributed by atoms with E-state index in [9.17, 15) is 4.79 Å². The molecule has 2 aromatic heterocycles. The Hall–Kier alpha value is -1.89. The van der Waals surface area contributed by atoms with Crippen LogP contribution in [0.15, 0.2) is 28.9 Å². The van der Waals surface area contributed by atoms with Crippen molar-refractivity contribution in [2.45, 2.75) is 33.1 Å². The molecule has 0 atom stereocenters. The summed E-state index contributed by atoms with van der Waals surface area (Å²) in [5, 5.41) is 8.29. The highest BCUT2D eigenvalue weighted by Gasteiger charge is 2.23. The van der Waals surface area contributed by atoms with E-state index >= 15 is 0 Å². The molecule has 0 radical (unpaired) electrons. The number of aromatic nitrogens is 2. The van der Waals surface area contributed by atoms with Crippen molar-refractivity contribution in [2.75, 3.05) is 5.32 Å². The Morgan fingerprint density at radius 1 is 1.35 bits per heavy atom. The monoisotopic (exact) mass is 409 g/mol. The summed E-state index contributed by atoms with van der Waals surface area (Å²) < 4.78 is 5.27. The summed E-state index contributed by atoms with van der Waals surface area (Å²) in [6.07, 6.45) is 2.32. The first kappa shape index (κ1) is 18.9. The zero-order valence-corrected chi connectivity index (χ0v) is 16.8. The average Bonchev–Trinajstić information content (AvgIpc) is 3.18. The number of anilines is 1. The SMILES string of the molecule is Cc1noc(C(C)C)c1C(=O)Nc1ncc(Cc2cccc(Cl)c2Cl)s1. The molecule has 0 aliphatic rings.